The van der Waals surface area contributed by atoms with E-state index < -0.39 is 6.04 Å². The summed E-state index contributed by atoms with van der Waals surface area (Å²) in [6.07, 6.45) is 4.18. The number of thiophene rings is 1. The maximum Gasteiger partial charge on any atom is 0.329 e. The van der Waals surface area contributed by atoms with Crippen molar-refractivity contribution >= 4 is 33.3 Å². The van der Waals surface area contributed by atoms with Gasteiger partial charge in [-0.3, -0.25) is 4.79 Å². The molecule has 1 aromatic carbocycles. The standard InChI is InChI=1S/C18H21NO3S/c1-12(20)19-17(13-6-2-3-7-13)18(21)22-10-14-11-23-16-9-5-4-8-15(14)16/h4-5,8-9,11,13,17H,2-3,6-7,10H2,1H3,(H,19,20). The van der Waals surface area contributed by atoms with Crippen LogP contribution in [0.2, 0.25) is 0 Å². The second kappa shape index (κ2) is 7.13. The molecule has 0 bridgehead atoms. The zero-order chi connectivity index (χ0) is 16.2. The van der Waals surface area contributed by atoms with Crippen molar-refractivity contribution in [1.82, 2.24) is 5.32 Å². The van der Waals surface area contributed by atoms with Crippen molar-refractivity contribution in [3.05, 3.63) is 35.2 Å². The summed E-state index contributed by atoms with van der Waals surface area (Å²) in [5, 5.41) is 5.93. The molecule has 0 spiro atoms. The van der Waals surface area contributed by atoms with Gasteiger partial charge >= 0.3 is 5.97 Å². The van der Waals surface area contributed by atoms with Crippen molar-refractivity contribution < 1.29 is 14.3 Å². The minimum atomic E-state index is -0.514. The lowest BCUT2D eigenvalue weighted by Gasteiger charge is -2.22. The first-order chi connectivity index (χ1) is 11.1. The molecule has 3 rings (SSSR count). The van der Waals surface area contributed by atoms with E-state index >= 15 is 0 Å². The van der Waals surface area contributed by atoms with Crippen LogP contribution in [0.15, 0.2) is 29.6 Å². The molecule has 122 valence electrons. The van der Waals surface area contributed by atoms with Gasteiger partial charge in [0.05, 0.1) is 0 Å². The van der Waals surface area contributed by atoms with E-state index in [9.17, 15) is 9.59 Å². The van der Waals surface area contributed by atoms with Crippen LogP contribution in [0.1, 0.15) is 38.2 Å². The first-order valence-corrected chi connectivity index (χ1v) is 8.92. The number of rotatable bonds is 5. The smallest absolute Gasteiger partial charge is 0.329 e. The van der Waals surface area contributed by atoms with Gasteiger partial charge in [0.2, 0.25) is 5.91 Å². The fourth-order valence-corrected chi connectivity index (χ4v) is 4.21. The minimum absolute atomic E-state index is 0.181. The van der Waals surface area contributed by atoms with E-state index in [1.807, 2.05) is 23.6 Å². The molecule has 23 heavy (non-hydrogen) atoms. The second-order valence-electron chi connectivity index (χ2n) is 6.09. The van der Waals surface area contributed by atoms with Crippen LogP contribution in [0.5, 0.6) is 0 Å². The van der Waals surface area contributed by atoms with Crippen LogP contribution in [0.25, 0.3) is 10.1 Å². The molecule has 1 amide bonds. The summed E-state index contributed by atoms with van der Waals surface area (Å²) in [4.78, 5) is 23.9. The molecule has 1 aliphatic rings. The zero-order valence-electron chi connectivity index (χ0n) is 13.2. The fourth-order valence-electron chi connectivity index (χ4n) is 3.26. The normalized spacial score (nSPS) is 16.4. The number of esters is 1. The topological polar surface area (TPSA) is 55.4 Å². The Hall–Kier alpha value is -1.88. The molecular formula is C18H21NO3S. The molecule has 1 unspecified atom stereocenters. The predicted octanol–water partition coefficient (Wildman–Crippen LogP) is 3.64. The highest BCUT2D eigenvalue weighted by molar-refractivity contribution is 7.17. The number of amides is 1. The molecule has 1 N–H and O–H groups in total. The van der Waals surface area contributed by atoms with Crippen LogP contribution < -0.4 is 5.32 Å². The zero-order valence-corrected chi connectivity index (χ0v) is 14.0. The van der Waals surface area contributed by atoms with Crippen molar-refractivity contribution in [3.63, 3.8) is 0 Å². The molecule has 5 heteroatoms. The maximum atomic E-state index is 12.5. The molecule has 1 heterocycles. The molecule has 1 aromatic heterocycles. The molecule has 1 atom stereocenters. The van der Waals surface area contributed by atoms with E-state index in [2.05, 4.69) is 11.4 Å². The Kier molecular flexibility index (Phi) is 4.96. The van der Waals surface area contributed by atoms with Crippen LogP contribution in [0, 0.1) is 5.92 Å². The van der Waals surface area contributed by atoms with E-state index in [-0.39, 0.29) is 24.4 Å². The van der Waals surface area contributed by atoms with Crippen LogP contribution >= 0.6 is 11.3 Å². The van der Waals surface area contributed by atoms with E-state index in [4.69, 9.17) is 4.74 Å². The lowest BCUT2D eigenvalue weighted by atomic mass is 9.98. The third-order valence-corrected chi connectivity index (χ3v) is 5.43. The second-order valence-corrected chi connectivity index (χ2v) is 7.00. The number of benzene rings is 1. The molecule has 1 aliphatic carbocycles. The SMILES string of the molecule is CC(=O)NC(C(=O)OCc1csc2ccccc12)C1CCCC1. The van der Waals surface area contributed by atoms with Gasteiger partial charge in [-0.1, -0.05) is 31.0 Å². The van der Waals surface area contributed by atoms with E-state index in [0.717, 1.165) is 36.6 Å². The molecule has 1 saturated carbocycles. The average Bonchev–Trinajstić information content (AvgIpc) is 3.20. The van der Waals surface area contributed by atoms with Crippen molar-refractivity contribution in [1.29, 1.82) is 0 Å². The molecule has 1 fully saturated rings. The largest absolute Gasteiger partial charge is 0.459 e. The summed E-state index contributed by atoms with van der Waals surface area (Å²) in [6.45, 7) is 1.70. The van der Waals surface area contributed by atoms with Gasteiger partial charge < -0.3 is 10.1 Å². The Labute approximate surface area is 139 Å². The molecule has 0 saturated heterocycles. The first kappa shape index (κ1) is 16.0. The van der Waals surface area contributed by atoms with Gasteiger partial charge in [0, 0.05) is 17.2 Å². The van der Waals surface area contributed by atoms with Crippen molar-refractivity contribution in [2.75, 3.05) is 0 Å². The van der Waals surface area contributed by atoms with Crippen molar-refractivity contribution in [2.24, 2.45) is 5.92 Å². The Bertz CT molecular complexity index is 703. The number of carbonyl (C=O) groups excluding carboxylic acids is 2. The number of carbonyl (C=O) groups is 2. The van der Waals surface area contributed by atoms with Crippen LogP contribution in [-0.2, 0) is 20.9 Å². The highest BCUT2D eigenvalue weighted by Crippen LogP contribution is 2.29. The van der Waals surface area contributed by atoms with Crippen LogP contribution in [0.4, 0.5) is 0 Å². The summed E-state index contributed by atoms with van der Waals surface area (Å²) in [7, 11) is 0. The Morgan fingerprint density at radius 2 is 2.04 bits per heavy atom. The van der Waals surface area contributed by atoms with E-state index in [1.165, 1.54) is 11.6 Å². The van der Waals surface area contributed by atoms with Crippen LogP contribution in [-0.4, -0.2) is 17.9 Å². The van der Waals surface area contributed by atoms with Gasteiger partial charge in [0.25, 0.3) is 0 Å². The van der Waals surface area contributed by atoms with E-state index in [0.29, 0.717) is 0 Å². The highest BCUT2D eigenvalue weighted by Gasteiger charge is 2.32. The Morgan fingerprint density at radius 1 is 1.30 bits per heavy atom. The predicted molar refractivity (Wildman–Crippen MR) is 91.2 cm³/mol. The van der Waals surface area contributed by atoms with E-state index in [1.54, 1.807) is 11.3 Å². The number of ether oxygens (including phenoxy) is 1. The monoisotopic (exact) mass is 331 g/mol. The van der Waals surface area contributed by atoms with Crippen molar-refractivity contribution in [2.45, 2.75) is 45.3 Å². The molecule has 0 radical (unpaired) electrons. The quantitative estimate of drug-likeness (QED) is 0.851. The first-order valence-electron chi connectivity index (χ1n) is 8.04. The molecule has 2 aromatic rings. The lowest BCUT2D eigenvalue weighted by molar-refractivity contribution is -0.150. The van der Waals surface area contributed by atoms with Crippen LogP contribution in [0.3, 0.4) is 0 Å². The fraction of sp³-hybridized carbons (Fsp3) is 0.444. The minimum Gasteiger partial charge on any atom is -0.459 e. The number of hydrogen-bond donors (Lipinski definition) is 1. The van der Waals surface area contributed by atoms with Gasteiger partial charge in [0.15, 0.2) is 0 Å². The Balaban J connectivity index is 1.67. The summed E-state index contributed by atoms with van der Waals surface area (Å²) in [5.41, 5.74) is 1.02. The lowest BCUT2D eigenvalue weighted by Crippen LogP contribution is -2.45. The molecule has 0 aliphatic heterocycles. The maximum absolute atomic E-state index is 12.5. The summed E-state index contributed by atoms with van der Waals surface area (Å²) in [6, 6.07) is 7.57. The highest BCUT2D eigenvalue weighted by atomic mass is 32.1. The summed E-state index contributed by atoms with van der Waals surface area (Å²) >= 11 is 1.65. The number of fused-ring (bicyclic) bond motifs is 1. The number of hydrogen-bond acceptors (Lipinski definition) is 4. The van der Waals surface area contributed by atoms with Gasteiger partial charge in [-0.2, -0.15) is 0 Å². The Morgan fingerprint density at radius 3 is 2.78 bits per heavy atom. The van der Waals surface area contributed by atoms with Gasteiger partial charge in [-0.25, -0.2) is 4.79 Å². The molecular weight excluding hydrogens is 310 g/mol. The van der Waals surface area contributed by atoms with Gasteiger partial charge in [0.1, 0.15) is 12.6 Å². The number of nitrogens with one attached hydrogen (secondary N) is 1. The summed E-state index contributed by atoms with van der Waals surface area (Å²) < 4.78 is 6.71. The summed E-state index contributed by atoms with van der Waals surface area (Å²) in [5.74, 6) is -0.298. The van der Waals surface area contributed by atoms with Gasteiger partial charge in [-0.15, -0.1) is 11.3 Å². The average molecular weight is 331 g/mol. The molecule has 4 nitrogen and oxygen atoms in total. The van der Waals surface area contributed by atoms with Gasteiger partial charge in [-0.05, 0) is 35.6 Å². The van der Waals surface area contributed by atoms with Crippen molar-refractivity contribution in [3.8, 4) is 0 Å². The third kappa shape index (κ3) is 3.72. The third-order valence-electron chi connectivity index (χ3n) is 4.42.